The molecule has 0 saturated carbocycles. The average molecular weight is 259 g/mol. The highest BCUT2D eigenvalue weighted by molar-refractivity contribution is 9.09. The van der Waals surface area contributed by atoms with Crippen LogP contribution in [0.4, 0.5) is 0 Å². The van der Waals surface area contributed by atoms with Gasteiger partial charge in [-0.1, -0.05) is 15.9 Å². The van der Waals surface area contributed by atoms with Crippen LogP contribution in [0.3, 0.4) is 0 Å². The third-order valence-corrected chi connectivity index (χ3v) is 2.17. The summed E-state index contributed by atoms with van der Waals surface area (Å²) in [5, 5.41) is 9.81. The van der Waals surface area contributed by atoms with Crippen LogP contribution in [0.5, 0.6) is 5.75 Å². The zero-order chi connectivity index (χ0) is 10.4. The number of phenolic OH excluding ortho intramolecular Hbond substituents is 1. The molecule has 0 heterocycles. The van der Waals surface area contributed by atoms with Crippen molar-refractivity contribution >= 4 is 21.9 Å². The minimum atomic E-state index is -0.356. The van der Waals surface area contributed by atoms with E-state index in [-0.39, 0.29) is 11.7 Å². The number of phenols is 1. The molecule has 76 valence electrons. The van der Waals surface area contributed by atoms with Crippen molar-refractivity contribution in [2.45, 2.75) is 6.42 Å². The normalized spacial score (nSPS) is 9.79. The van der Waals surface area contributed by atoms with E-state index in [0.717, 1.165) is 11.8 Å². The lowest BCUT2D eigenvalue weighted by Gasteiger charge is -2.02. The molecule has 0 fully saturated rings. The highest BCUT2D eigenvalue weighted by Gasteiger charge is 2.05. The Hall–Kier alpha value is -1.03. The van der Waals surface area contributed by atoms with Crippen molar-refractivity contribution in [2.75, 3.05) is 11.9 Å². The van der Waals surface area contributed by atoms with E-state index in [1.807, 2.05) is 0 Å². The number of alkyl halides is 1. The van der Waals surface area contributed by atoms with Gasteiger partial charge in [0.15, 0.2) is 0 Å². The van der Waals surface area contributed by atoms with Gasteiger partial charge in [-0.25, -0.2) is 4.79 Å². The van der Waals surface area contributed by atoms with Crippen LogP contribution < -0.4 is 0 Å². The third kappa shape index (κ3) is 3.38. The van der Waals surface area contributed by atoms with Crippen LogP contribution in [0.2, 0.25) is 0 Å². The molecule has 14 heavy (non-hydrogen) atoms. The molecule has 1 N–H and O–H groups in total. The predicted octanol–water partition coefficient (Wildman–Crippen LogP) is 2.33. The Kier molecular flexibility index (Phi) is 4.46. The summed E-state index contributed by atoms with van der Waals surface area (Å²) in [7, 11) is 0. The van der Waals surface area contributed by atoms with Crippen molar-refractivity contribution in [3.63, 3.8) is 0 Å². The lowest BCUT2D eigenvalue weighted by atomic mass is 10.2. The third-order valence-electron chi connectivity index (χ3n) is 1.61. The van der Waals surface area contributed by atoms with Crippen molar-refractivity contribution < 1.29 is 14.6 Å². The Morgan fingerprint density at radius 2 is 2.00 bits per heavy atom. The van der Waals surface area contributed by atoms with E-state index in [1.165, 1.54) is 24.3 Å². The van der Waals surface area contributed by atoms with Crippen molar-refractivity contribution in [1.29, 1.82) is 0 Å². The molecule has 0 aromatic heterocycles. The van der Waals surface area contributed by atoms with E-state index in [9.17, 15) is 4.79 Å². The van der Waals surface area contributed by atoms with Crippen molar-refractivity contribution in [3.05, 3.63) is 29.8 Å². The molecule has 3 nitrogen and oxygen atoms in total. The number of hydrogen-bond donors (Lipinski definition) is 1. The predicted molar refractivity (Wildman–Crippen MR) is 56.8 cm³/mol. The fraction of sp³-hybridized carbons (Fsp3) is 0.300. The molecule has 1 aromatic carbocycles. The lowest BCUT2D eigenvalue weighted by Crippen LogP contribution is -2.06. The average Bonchev–Trinajstić information content (AvgIpc) is 2.19. The van der Waals surface area contributed by atoms with Gasteiger partial charge in [0.2, 0.25) is 0 Å². The standard InChI is InChI=1S/C10H11BrO3/c11-6-1-7-14-10(13)8-2-4-9(12)5-3-8/h2-5,12H,1,6-7H2. The highest BCUT2D eigenvalue weighted by Crippen LogP contribution is 2.10. The SMILES string of the molecule is O=C(OCCCBr)c1ccc(O)cc1. The molecule has 0 aliphatic heterocycles. The summed E-state index contributed by atoms with van der Waals surface area (Å²) in [6.45, 7) is 0.408. The highest BCUT2D eigenvalue weighted by atomic mass is 79.9. The second kappa shape index (κ2) is 5.65. The Bertz CT molecular complexity index is 295. The number of ether oxygens (including phenoxy) is 1. The van der Waals surface area contributed by atoms with Crippen LogP contribution in [0, 0.1) is 0 Å². The van der Waals surface area contributed by atoms with E-state index < -0.39 is 0 Å². The van der Waals surface area contributed by atoms with Gasteiger partial charge in [0, 0.05) is 5.33 Å². The van der Waals surface area contributed by atoms with E-state index in [0.29, 0.717) is 12.2 Å². The summed E-state index contributed by atoms with van der Waals surface area (Å²) >= 11 is 3.24. The number of rotatable bonds is 4. The van der Waals surface area contributed by atoms with E-state index in [1.54, 1.807) is 0 Å². The lowest BCUT2D eigenvalue weighted by molar-refractivity contribution is 0.0506. The molecule has 0 amide bonds. The summed E-state index contributed by atoms with van der Waals surface area (Å²) in [4.78, 5) is 11.3. The first kappa shape index (κ1) is 11.0. The Labute approximate surface area is 90.8 Å². The molecular weight excluding hydrogens is 248 g/mol. The monoisotopic (exact) mass is 258 g/mol. The molecule has 4 heteroatoms. The van der Waals surface area contributed by atoms with Crippen molar-refractivity contribution in [2.24, 2.45) is 0 Å². The molecular formula is C10H11BrO3. The van der Waals surface area contributed by atoms with Crippen LogP contribution in [0.25, 0.3) is 0 Å². The number of carbonyl (C=O) groups excluding carboxylic acids is 1. The maximum Gasteiger partial charge on any atom is 0.338 e. The van der Waals surface area contributed by atoms with Gasteiger partial charge in [-0.2, -0.15) is 0 Å². The molecule has 0 aliphatic carbocycles. The fourth-order valence-corrected chi connectivity index (χ4v) is 1.13. The molecule has 0 aliphatic rings. The maximum absolute atomic E-state index is 11.3. The van der Waals surface area contributed by atoms with Gasteiger partial charge in [-0.05, 0) is 30.7 Å². The summed E-state index contributed by atoms with van der Waals surface area (Å²) in [6.07, 6.45) is 0.795. The molecule has 0 atom stereocenters. The van der Waals surface area contributed by atoms with Gasteiger partial charge in [0.05, 0.1) is 12.2 Å². The number of carbonyl (C=O) groups is 1. The van der Waals surface area contributed by atoms with Crippen LogP contribution >= 0.6 is 15.9 Å². The van der Waals surface area contributed by atoms with Crippen LogP contribution in [0.1, 0.15) is 16.8 Å². The molecule has 0 bridgehead atoms. The Morgan fingerprint density at radius 3 is 2.57 bits per heavy atom. The number of hydrogen-bond acceptors (Lipinski definition) is 3. The summed E-state index contributed by atoms with van der Waals surface area (Å²) < 4.78 is 4.96. The molecule has 0 radical (unpaired) electrons. The number of aromatic hydroxyl groups is 1. The van der Waals surface area contributed by atoms with Gasteiger partial charge in [-0.3, -0.25) is 0 Å². The number of halogens is 1. The molecule has 0 saturated heterocycles. The van der Waals surface area contributed by atoms with Gasteiger partial charge in [0.1, 0.15) is 5.75 Å². The van der Waals surface area contributed by atoms with Crippen LogP contribution in [-0.4, -0.2) is 23.0 Å². The van der Waals surface area contributed by atoms with Gasteiger partial charge in [0.25, 0.3) is 0 Å². The zero-order valence-corrected chi connectivity index (χ0v) is 9.16. The topological polar surface area (TPSA) is 46.5 Å². The van der Waals surface area contributed by atoms with E-state index in [4.69, 9.17) is 9.84 Å². The maximum atomic E-state index is 11.3. The van der Waals surface area contributed by atoms with Crippen LogP contribution in [0.15, 0.2) is 24.3 Å². The van der Waals surface area contributed by atoms with Crippen LogP contribution in [-0.2, 0) is 4.74 Å². The Morgan fingerprint density at radius 1 is 1.36 bits per heavy atom. The second-order valence-electron chi connectivity index (χ2n) is 2.73. The summed E-state index contributed by atoms with van der Waals surface area (Å²) in [5.41, 5.74) is 0.456. The second-order valence-corrected chi connectivity index (χ2v) is 3.52. The van der Waals surface area contributed by atoms with Crippen molar-refractivity contribution in [3.8, 4) is 5.75 Å². The number of benzene rings is 1. The van der Waals surface area contributed by atoms with Gasteiger partial charge < -0.3 is 9.84 Å². The molecule has 1 aromatic rings. The van der Waals surface area contributed by atoms with E-state index in [2.05, 4.69) is 15.9 Å². The molecule has 0 unspecified atom stereocenters. The zero-order valence-electron chi connectivity index (χ0n) is 7.57. The fourth-order valence-electron chi connectivity index (χ4n) is 0.900. The first-order valence-electron chi connectivity index (χ1n) is 4.26. The van der Waals surface area contributed by atoms with E-state index >= 15 is 0 Å². The smallest absolute Gasteiger partial charge is 0.338 e. The van der Waals surface area contributed by atoms with Gasteiger partial charge in [-0.15, -0.1) is 0 Å². The number of esters is 1. The minimum Gasteiger partial charge on any atom is -0.508 e. The first-order valence-corrected chi connectivity index (χ1v) is 5.38. The molecule has 0 spiro atoms. The quantitative estimate of drug-likeness (QED) is 0.513. The van der Waals surface area contributed by atoms with Crippen molar-refractivity contribution in [1.82, 2.24) is 0 Å². The van der Waals surface area contributed by atoms with Gasteiger partial charge >= 0.3 is 5.97 Å². The minimum absolute atomic E-state index is 0.141. The summed E-state index contributed by atoms with van der Waals surface area (Å²) in [5.74, 6) is -0.215. The Balaban J connectivity index is 2.48. The molecule has 1 rings (SSSR count). The first-order chi connectivity index (χ1) is 6.74. The largest absolute Gasteiger partial charge is 0.508 e. The summed E-state index contributed by atoms with van der Waals surface area (Å²) in [6, 6.07) is 5.99.